The number of ether oxygens (including phenoxy) is 1. The van der Waals surface area contributed by atoms with Crippen molar-refractivity contribution < 1.29 is 14.2 Å². The third kappa shape index (κ3) is 3.15. The molecule has 0 N–H and O–H groups in total. The summed E-state index contributed by atoms with van der Waals surface area (Å²) in [7, 11) is 1.59. The van der Waals surface area contributed by atoms with Gasteiger partial charge in [-0.3, -0.25) is 14.8 Å². The van der Waals surface area contributed by atoms with E-state index in [4.69, 9.17) is 9.26 Å². The lowest BCUT2D eigenvalue weighted by molar-refractivity contribution is -0.384. The van der Waals surface area contributed by atoms with Crippen LogP contribution in [0, 0.1) is 10.1 Å². The summed E-state index contributed by atoms with van der Waals surface area (Å²) in [5.74, 6) is 0.351. The van der Waals surface area contributed by atoms with Gasteiger partial charge < -0.3 is 9.26 Å². The van der Waals surface area contributed by atoms with Crippen molar-refractivity contribution in [1.29, 1.82) is 0 Å². The summed E-state index contributed by atoms with van der Waals surface area (Å²) < 4.78 is 11.8. The van der Waals surface area contributed by atoms with Gasteiger partial charge in [0.05, 0.1) is 11.5 Å². The predicted octanol–water partition coefficient (Wildman–Crippen LogP) is 2.58. The maximum atomic E-state index is 11.1. The van der Waals surface area contributed by atoms with E-state index in [2.05, 4.69) is 15.2 Å². The van der Waals surface area contributed by atoms with E-state index in [1.165, 1.54) is 10.9 Å². The van der Waals surface area contributed by atoms with E-state index in [0.29, 0.717) is 19.0 Å². The highest BCUT2D eigenvalue weighted by Crippen LogP contribution is 2.28. The van der Waals surface area contributed by atoms with E-state index >= 15 is 0 Å². The Morgan fingerprint density at radius 3 is 2.75 bits per heavy atom. The molecule has 0 radical (unpaired) electrons. The average molecular weight is 329 g/mol. The van der Waals surface area contributed by atoms with Gasteiger partial charge in [-0.2, -0.15) is 10.1 Å². The van der Waals surface area contributed by atoms with Crippen LogP contribution in [0.3, 0.4) is 0 Å². The first-order chi connectivity index (χ1) is 11.6. The fourth-order valence-electron chi connectivity index (χ4n) is 2.17. The van der Waals surface area contributed by atoms with Crippen LogP contribution in [-0.2, 0) is 18.4 Å². The molecule has 9 nitrogen and oxygen atoms in total. The number of aromatic nitrogens is 4. The number of nitro groups is 1. The van der Waals surface area contributed by atoms with E-state index in [-0.39, 0.29) is 17.3 Å². The van der Waals surface area contributed by atoms with Gasteiger partial charge in [0.15, 0.2) is 0 Å². The first-order valence-corrected chi connectivity index (χ1v) is 7.27. The molecule has 0 atom stereocenters. The van der Waals surface area contributed by atoms with Crippen molar-refractivity contribution in [2.75, 3.05) is 6.61 Å². The topological polar surface area (TPSA) is 109 Å². The standard InChI is InChI=1S/C15H15N5O4/c1-3-23-9-10-4-6-11(7-5-10)14-16-15(24-18-14)13-12(20(21)22)8-19(2)17-13/h4-8H,3,9H2,1-2H3. The van der Waals surface area contributed by atoms with Gasteiger partial charge in [-0.1, -0.05) is 29.4 Å². The summed E-state index contributed by atoms with van der Waals surface area (Å²) in [4.78, 5) is 14.7. The number of aryl methyl sites for hydroxylation is 1. The summed E-state index contributed by atoms with van der Waals surface area (Å²) in [6, 6.07) is 7.50. The average Bonchev–Trinajstić information content (AvgIpc) is 3.20. The Balaban J connectivity index is 1.87. The Kier molecular flexibility index (Phi) is 4.34. The van der Waals surface area contributed by atoms with Crippen LogP contribution in [-0.4, -0.2) is 31.5 Å². The molecule has 0 aliphatic heterocycles. The van der Waals surface area contributed by atoms with Crippen molar-refractivity contribution in [3.8, 4) is 23.0 Å². The summed E-state index contributed by atoms with van der Waals surface area (Å²) in [5, 5.41) is 19.0. The van der Waals surface area contributed by atoms with Crippen molar-refractivity contribution in [3.63, 3.8) is 0 Å². The van der Waals surface area contributed by atoms with Crippen LogP contribution in [0.5, 0.6) is 0 Å². The number of hydrogen-bond acceptors (Lipinski definition) is 7. The van der Waals surface area contributed by atoms with Gasteiger partial charge >= 0.3 is 5.69 Å². The Hall–Kier alpha value is -3.07. The van der Waals surface area contributed by atoms with E-state index < -0.39 is 4.92 Å². The van der Waals surface area contributed by atoms with Crippen LogP contribution in [0.4, 0.5) is 5.69 Å². The van der Waals surface area contributed by atoms with Crippen LogP contribution < -0.4 is 0 Å². The molecule has 0 bridgehead atoms. The molecule has 0 aliphatic rings. The van der Waals surface area contributed by atoms with Crippen LogP contribution >= 0.6 is 0 Å². The van der Waals surface area contributed by atoms with Gasteiger partial charge in [0.1, 0.15) is 6.20 Å². The van der Waals surface area contributed by atoms with Gasteiger partial charge in [0.2, 0.25) is 11.5 Å². The maximum Gasteiger partial charge on any atom is 0.320 e. The molecule has 124 valence electrons. The van der Waals surface area contributed by atoms with Crippen LogP contribution in [0.25, 0.3) is 23.0 Å². The fraction of sp³-hybridized carbons (Fsp3) is 0.267. The van der Waals surface area contributed by atoms with Crippen molar-refractivity contribution in [1.82, 2.24) is 19.9 Å². The zero-order valence-corrected chi connectivity index (χ0v) is 13.2. The zero-order chi connectivity index (χ0) is 17.1. The summed E-state index contributed by atoms with van der Waals surface area (Å²) in [5.41, 5.74) is 1.64. The number of hydrogen-bond donors (Lipinski definition) is 0. The number of rotatable bonds is 6. The molecule has 3 rings (SSSR count). The largest absolute Gasteiger partial charge is 0.377 e. The highest BCUT2D eigenvalue weighted by molar-refractivity contribution is 5.64. The lowest BCUT2D eigenvalue weighted by atomic mass is 10.1. The lowest BCUT2D eigenvalue weighted by Gasteiger charge is -2.01. The van der Waals surface area contributed by atoms with Crippen LogP contribution in [0.15, 0.2) is 35.0 Å². The van der Waals surface area contributed by atoms with Crippen molar-refractivity contribution >= 4 is 5.69 Å². The highest BCUT2D eigenvalue weighted by atomic mass is 16.6. The second-order valence-electron chi connectivity index (χ2n) is 5.05. The third-order valence-corrected chi connectivity index (χ3v) is 3.32. The quantitative estimate of drug-likeness (QED) is 0.505. The molecule has 9 heteroatoms. The van der Waals surface area contributed by atoms with Gasteiger partial charge in [-0.05, 0) is 12.5 Å². The predicted molar refractivity (Wildman–Crippen MR) is 83.9 cm³/mol. The Bertz CT molecular complexity index is 853. The minimum atomic E-state index is -0.533. The molecule has 24 heavy (non-hydrogen) atoms. The normalized spacial score (nSPS) is 10.9. The first-order valence-electron chi connectivity index (χ1n) is 7.27. The van der Waals surface area contributed by atoms with Gasteiger partial charge in [0, 0.05) is 19.2 Å². The smallest absolute Gasteiger partial charge is 0.320 e. The van der Waals surface area contributed by atoms with Gasteiger partial charge in [-0.25, -0.2) is 0 Å². The molecule has 3 aromatic rings. The molecule has 0 saturated heterocycles. The molecular weight excluding hydrogens is 314 g/mol. The minimum Gasteiger partial charge on any atom is -0.377 e. The van der Waals surface area contributed by atoms with Gasteiger partial charge in [0.25, 0.3) is 5.89 Å². The first kappa shape index (κ1) is 15.8. The molecule has 0 saturated carbocycles. The summed E-state index contributed by atoms with van der Waals surface area (Å²) in [6.07, 6.45) is 1.29. The Morgan fingerprint density at radius 2 is 2.08 bits per heavy atom. The van der Waals surface area contributed by atoms with Crippen molar-refractivity contribution in [2.45, 2.75) is 13.5 Å². The maximum absolute atomic E-state index is 11.1. The molecular formula is C15H15N5O4. The fourth-order valence-corrected chi connectivity index (χ4v) is 2.17. The van der Waals surface area contributed by atoms with Crippen molar-refractivity contribution in [3.05, 3.63) is 46.1 Å². The Labute approximate surface area is 137 Å². The van der Waals surface area contributed by atoms with E-state index in [1.54, 1.807) is 7.05 Å². The number of benzene rings is 1. The molecule has 1 aromatic carbocycles. The SMILES string of the molecule is CCOCc1ccc(-c2noc(-c3nn(C)cc3[N+](=O)[O-])n2)cc1. The molecule has 0 amide bonds. The highest BCUT2D eigenvalue weighted by Gasteiger charge is 2.25. The van der Waals surface area contributed by atoms with Crippen LogP contribution in [0.2, 0.25) is 0 Å². The van der Waals surface area contributed by atoms with E-state index in [9.17, 15) is 10.1 Å². The molecule has 0 unspecified atom stereocenters. The molecule has 0 spiro atoms. The van der Waals surface area contributed by atoms with Gasteiger partial charge in [-0.15, -0.1) is 0 Å². The van der Waals surface area contributed by atoms with E-state index in [0.717, 1.165) is 11.1 Å². The van der Waals surface area contributed by atoms with Crippen molar-refractivity contribution in [2.24, 2.45) is 7.05 Å². The van der Waals surface area contributed by atoms with E-state index in [1.807, 2.05) is 31.2 Å². The second kappa shape index (κ2) is 6.59. The molecule has 2 heterocycles. The second-order valence-corrected chi connectivity index (χ2v) is 5.05. The monoisotopic (exact) mass is 329 g/mol. The third-order valence-electron chi connectivity index (χ3n) is 3.32. The Morgan fingerprint density at radius 1 is 1.33 bits per heavy atom. The van der Waals surface area contributed by atoms with Crippen LogP contribution in [0.1, 0.15) is 12.5 Å². The number of nitrogens with zero attached hydrogens (tertiary/aromatic N) is 5. The summed E-state index contributed by atoms with van der Waals surface area (Å²) in [6.45, 7) is 3.12. The molecule has 0 fully saturated rings. The zero-order valence-electron chi connectivity index (χ0n) is 13.2. The molecule has 2 aromatic heterocycles. The summed E-state index contributed by atoms with van der Waals surface area (Å²) >= 11 is 0. The lowest BCUT2D eigenvalue weighted by Crippen LogP contribution is -1.92. The molecule has 0 aliphatic carbocycles. The minimum absolute atomic E-state index is 0.00990.